The number of likely N-dealkylation sites (tertiary alicyclic amines) is 1. The zero-order chi connectivity index (χ0) is 26.0. The molecule has 0 aliphatic carbocycles. The molecule has 1 aromatic carbocycles. The Morgan fingerprint density at radius 3 is 2.47 bits per heavy atom. The monoisotopic (exact) mass is 512 g/mol. The summed E-state index contributed by atoms with van der Waals surface area (Å²) in [6.07, 6.45) is 5.68. The van der Waals surface area contributed by atoms with Gasteiger partial charge in [-0.2, -0.15) is 0 Å². The van der Waals surface area contributed by atoms with Gasteiger partial charge in [0, 0.05) is 30.5 Å². The number of aromatic nitrogens is 1. The van der Waals surface area contributed by atoms with Crippen molar-refractivity contribution in [2.45, 2.75) is 39.5 Å². The third kappa shape index (κ3) is 5.01. The van der Waals surface area contributed by atoms with Crippen molar-refractivity contribution < 1.29 is 24.0 Å². The van der Waals surface area contributed by atoms with Crippen LogP contribution < -0.4 is 4.74 Å². The van der Waals surface area contributed by atoms with E-state index in [0.29, 0.717) is 24.5 Å². The van der Waals surface area contributed by atoms with Gasteiger partial charge in [-0.1, -0.05) is 12.8 Å². The fourth-order valence-corrected chi connectivity index (χ4v) is 5.43. The van der Waals surface area contributed by atoms with Crippen LogP contribution in [0.25, 0.3) is 11.8 Å². The van der Waals surface area contributed by atoms with Gasteiger partial charge in [0.1, 0.15) is 12.3 Å². The Labute approximate surface area is 213 Å². The first-order valence-electron chi connectivity index (χ1n) is 11.8. The number of nitro groups is 1. The predicted octanol–water partition coefficient (Wildman–Crippen LogP) is 4.45. The molecule has 0 radical (unpaired) electrons. The minimum atomic E-state index is -0.485. The summed E-state index contributed by atoms with van der Waals surface area (Å²) in [5.74, 6) is -0.348. The number of carbonyl (C=O) groups excluding carboxylic acids is 3. The number of aryl methyl sites for hydroxylation is 1. The number of hydrogen-bond donors (Lipinski definition) is 0. The normalized spacial score (nSPS) is 17.6. The van der Waals surface area contributed by atoms with Crippen LogP contribution in [0.5, 0.6) is 5.75 Å². The predicted molar refractivity (Wildman–Crippen MR) is 136 cm³/mol. The van der Waals surface area contributed by atoms with E-state index in [0.717, 1.165) is 59.3 Å². The molecular formula is C25H28N4O6S. The van der Waals surface area contributed by atoms with Gasteiger partial charge in [0.15, 0.2) is 0 Å². The van der Waals surface area contributed by atoms with Crippen LogP contribution in [0.2, 0.25) is 0 Å². The highest BCUT2D eigenvalue weighted by Crippen LogP contribution is 2.35. The summed E-state index contributed by atoms with van der Waals surface area (Å²) in [7, 11) is 1.45. The second-order valence-electron chi connectivity index (χ2n) is 8.84. The number of methoxy groups -OCH3 is 1. The van der Waals surface area contributed by atoms with E-state index in [4.69, 9.17) is 4.74 Å². The van der Waals surface area contributed by atoms with Gasteiger partial charge in [-0.05, 0) is 62.2 Å². The number of rotatable bonds is 6. The third-order valence-electron chi connectivity index (χ3n) is 6.50. The molecule has 11 heteroatoms. The Balaban J connectivity index is 1.58. The lowest BCUT2D eigenvalue weighted by molar-refractivity contribution is -0.384. The molecule has 3 heterocycles. The smallest absolute Gasteiger partial charge is 0.294 e. The minimum Gasteiger partial charge on any atom is -0.494 e. The largest absolute Gasteiger partial charge is 0.494 e. The average Bonchev–Trinajstić information content (AvgIpc) is 3.13. The van der Waals surface area contributed by atoms with Crippen LogP contribution in [0.4, 0.5) is 10.5 Å². The fraction of sp³-hybridized carbons (Fsp3) is 0.400. The molecule has 0 bridgehead atoms. The molecule has 0 N–H and O–H groups in total. The van der Waals surface area contributed by atoms with Crippen LogP contribution in [-0.4, -0.2) is 63.1 Å². The van der Waals surface area contributed by atoms with Gasteiger partial charge < -0.3 is 14.2 Å². The van der Waals surface area contributed by atoms with E-state index < -0.39 is 16.1 Å². The van der Waals surface area contributed by atoms with Crippen LogP contribution in [0.15, 0.2) is 29.2 Å². The molecular weight excluding hydrogens is 484 g/mol. The number of nitro benzene ring substituents is 1. The average molecular weight is 513 g/mol. The fourth-order valence-electron chi connectivity index (χ4n) is 4.60. The lowest BCUT2D eigenvalue weighted by atomic mass is 10.2. The summed E-state index contributed by atoms with van der Waals surface area (Å²) in [6.45, 7) is 4.79. The van der Waals surface area contributed by atoms with E-state index in [9.17, 15) is 24.5 Å². The molecule has 0 saturated carbocycles. The molecule has 190 valence electrons. The van der Waals surface area contributed by atoms with E-state index in [-0.39, 0.29) is 23.0 Å². The lowest BCUT2D eigenvalue weighted by Crippen LogP contribution is -2.42. The molecule has 0 spiro atoms. The van der Waals surface area contributed by atoms with E-state index in [1.807, 2.05) is 24.5 Å². The lowest BCUT2D eigenvalue weighted by Gasteiger charge is -2.22. The Kier molecular flexibility index (Phi) is 7.48. The van der Waals surface area contributed by atoms with Crippen molar-refractivity contribution in [1.82, 2.24) is 14.4 Å². The standard InChI is InChI=1S/C25H28N4O6S/c1-16-12-18(17(2)28(16)20-9-8-19(29(33)34)14-21(20)35-3)13-22-24(31)27(25(32)36-22)15-23(30)26-10-6-4-5-7-11-26/h8-9,12-14H,4-7,10-11,15H2,1-3H3. The van der Waals surface area contributed by atoms with Crippen molar-refractivity contribution in [3.63, 3.8) is 0 Å². The number of thioether (sulfide) groups is 1. The molecule has 2 fully saturated rings. The van der Waals surface area contributed by atoms with E-state index in [2.05, 4.69) is 0 Å². The molecule has 0 unspecified atom stereocenters. The summed E-state index contributed by atoms with van der Waals surface area (Å²) in [5.41, 5.74) is 2.85. The van der Waals surface area contributed by atoms with Gasteiger partial charge in [0.25, 0.3) is 16.8 Å². The summed E-state index contributed by atoms with van der Waals surface area (Å²) < 4.78 is 7.27. The maximum atomic E-state index is 13.0. The number of benzene rings is 1. The van der Waals surface area contributed by atoms with Crippen molar-refractivity contribution in [3.8, 4) is 11.4 Å². The molecule has 2 aromatic rings. The van der Waals surface area contributed by atoms with Gasteiger partial charge in [-0.25, -0.2) is 0 Å². The maximum Gasteiger partial charge on any atom is 0.294 e. The highest BCUT2D eigenvalue weighted by Gasteiger charge is 2.37. The Bertz CT molecular complexity index is 1260. The van der Waals surface area contributed by atoms with Crippen molar-refractivity contribution in [3.05, 3.63) is 56.2 Å². The van der Waals surface area contributed by atoms with Crippen molar-refractivity contribution in [1.29, 1.82) is 0 Å². The second-order valence-corrected chi connectivity index (χ2v) is 9.83. The molecule has 3 amide bonds. The van der Waals surface area contributed by atoms with Crippen molar-refractivity contribution in [2.24, 2.45) is 0 Å². The molecule has 2 aliphatic rings. The zero-order valence-electron chi connectivity index (χ0n) is 20.5. The Morgan fingerprint density at radius 1 is 1.14 bits per heavy atom. The minimum absolute atomic E-state index is 0.0818. The summed E-state index contributed by atoms with van der Waals surface area (Å²) in [6, 6.07) is 6.25. The first kappa shape index (κ1) is 25.5. The Morgan fingerprint density at radius 2 is 1.83 bits per heavy atom. The van der Waals surface area contributed by atoms with Crippen molar-refractivity contribution >= 4 is 40.6 Å². The second kappa shape index (κ2) is 10.6. The van der Waals surface area contributed by atoms with Crippen LogP contribution in [0, 0.1) is 24.0 Å². The number of carbonyl (C=O) groups is 3. The van der Waals surface area contributed by atoms with Crippen LogP contribution >= 0.6 is 11.8 Å². The first-order chi connectivity index (χ1) is 17.2. The van der Waals surface area contributed by atoms with Crippen LogP contribution in [-0.2, 0) is 9.59 Å². The first-order valence-corrected chi connectivity index (χ1v) is 12.6. The quantitative estimate of drug-likeness (QED) is 0.319. The summed E-state index contributed by atoms with van der Waals surface area (Å²) >= 11 is 0.821. The van der Waals surface area contributed by atoms with Gasteiger partial charge in [0.2, 0.25) is 5.91 Å². The molecule has 1 aromatic heterocycles. The van der Waals surface area contributed by atoms with Gasteiger partial charge in [0.05, 0.1) is 28.7 Å². The maximum absolute atomic E-state index is 13.0. The summed E-state index contributed by atoms with van der Waals surface area (Å²) in [5, 5.41) is 10.7. The van der Waals surface area contributed by atoms with Gasteiger partial charge in [-0.3, -0.25) is 29.4 Å². The van der Waals surface area contributed by atoms with E-state index in [1.54, 1.807) is 17.0 Å². The Hall–Kier alpha value is -3.60. The molecule has 36 heavy (non-hydrogen) atoms. The molecule has 2 saturated heterocycles. The third-order valence-corrected chi connectivity index (χ3v) is 7.41. The van der Waals surface area contributed by atoms with E-state index >= 15 is 0 Å². The highest BCUT2D eigenvalue weighted by molar-refractivity contribution is 8.18. The number of non-ortho nitro benzene ring substituents is 1. The molecule has 10 nitrogen and oxygen atoms in total. The zero-order valence-corrected chi connectivity index (χ0v) is 21.3. The number of amides is 3. The number of nitrogens with zero attached hydrogens (tertiary/aromatic N) is 4. The van der Waals surface area contributed by atoms with Gasteiger partial charge in [-0.15, -0.1) is 0 Å². The van der Waals surface area contributed by atoms with Crippen molar-refractivity contribution in [2.75, 3.05) is 26.7 Å². The number of imide groups is 1. The van der Waals surface area contributed by atoms with Crippen LogP contribution in [0.3, 0.4) is 0 Å². The van der Waals surface area contributed by atoms with Crippen LogP contribution in [0.1, 0.15) is 42.6 Å². The van der Waals surface area contributed by atoms with Gasteiger partial charge >= 0.3 is 0 Å². The topological polar surface area (TPSA) is 115 Å². The molecule has 2 aliphatic heterocycles. The molecule has 4 rings (SSSR count). The SMILES string of the molecule is COc1cc([N+](=O)[O-])ccc1-n1c(C)cc(C=C2SC(=O)N(CC(=O)N3CCCCCC3)C2=O)c1C. The number of hydrogen-bond acceptors (Lipinski definition) is 7. The van der Waals surface area contributed by atoms with E-state index in [1.165, 1.54) is 19.2 Å². The number of ether oxygens (including phenoxy) is 1. The highest BCUT2D eigenvalue weighted by atomic mass is 32.2. The molecule has 0 atom stereocenters. The summed E-state index contributed by atoms with van der Waals surface area (Å²) in [4.78, 5) is 52.0.